The summed E-state index contributed by atoms with van der Waals surface area (Å²) in [6.07, 6.45) is -0.548. The minimum atomic E-state index is -1.09. The first-order valence-electron chi connectivity index (χ1n) is 5.16. The van der Waals surface area contributed by atoms with E-state index in [2.05, 4.69) is 43.8 Å². The van der Waals surface area contributed by atoms with E-state index < -0.39 is 17.9 Å². The van der Waals surface area contributed by atoms with E-state index in [1.165, 1.54) is 0 Å². The van der Waals surface area contributed by atoms with Crippen molar-refractivity contribution in [3.05, 3.63) is 26.2 Å². The zero-order valence-electron chi connectivity index (χ0n) is 9.57. The fraction of sp³-hybridized carbons (Fsp3) is 0.182. The van der Waals surface area contributed by atoms with Gasteiger partial charge in [0.2, 0.25) is 5.91 Å². The monoisotopic (exact) mass is 440 g/mol. The van der Waals surface area contributed by atoms with E-state index in [9.17, 15) is 14.4 Å². The van der Waals surface area contributed by atoms with Crippen molar-refractivity contribution in [3.8, 4) is 0 Å². The molecule has 3 N–H and O–H groups in total. The largest absolute Gasteiger partial charge is 0.481 e. The van der Waals surface area contributed by atoms with Crippen molar-refractivity contribution in [3.63, 3.8) is 0 Å². The Bertz CT molecular complexity index is 521. The Morgan fingerprint density at radius 2 is 1.95 bits per heavy atom. The summed E-state index contributed by atoms with van der Waals surface area (Å²) in [7, 11) is 0. The van der Waals surface area contributed by atoms with Gasteiger partial charge in [0.1, 0.15) is 0 Å². The van der Waals surface area contributed by atoms with Crippen LogP contribution in [0.3, 0.4) is 0 Å². The summed E-state index contributed by atoms with van der Waals surface area (Å²) in [5, 5.41) is 12.9. The summed E-state index contributed by atoms with van der Waals surface area (Å²) in [4.78, 5) is 32.9. The number of carbonyl (C=O) groups excluding carboxylic acids is 2. The van der Waals surface area contributed by atoms with Crippen molar-refractivity contribution in [2.75, 3.05) is 5.32 Å². The standard InChI is InChI=1S/C11H10BrIN2O4/c12-7-5-6(1-2-8(7)13)14-11(19)15-9(16)3-4-10(17)18/h1-2,5H,3-4H2,(H,17,18)(H2,14,15,16,19). The lowest BCUT2D eigenvalue weighted by atomic mass is 10.3. The molecule has 0 saturated heterocycles. The Kier molecular flexibility index (Phi) is 6.22. The molecule has 0 atom stereocenters. The molecule has 0 heterocycles. The number of carboxylic acids is 1. The van der Waals surface area contributed by atoms with Crippen LogP contribution in [0, 0.1) is 3.57 Å². The van der Waals surface area contributed by atoms with Crippen LogP contribution >= 0.6 is 38.5 Å². The van der Waals surface area contributed by atoms with Crippen LogP contribution in [0.2, 0.25) is 0 Å². The molecule has 19 heavy (non-hydrogen) atoms. The molecule has 0 aliphatic heterocycles. The van der Waals surface area contributed by atoms with Crippen molar-refractivity contribution in [1.82, 2.24) is 5.32 Å². The summed E-state index contributed by atoms with van der Waals surface area (Å²) >= 11 is 5.44. The molecule has 0 saturated carbocycles. The number of hydrogen-bond acceptors (Lipinski definition) is 3. The Morgan fingerprint density at radius 1 is 1.26 bits per heavy atom. The van der Waals surface area contributed by atoms with Crippen molar-refractivity contribution < 1.29 is 19.5 Å². The van der Waals surface area contributed by atoms with Gasteiger partial charge in [0.15, 0.2) is 0 Å². The second-order valence-electron chi connectivity index (χ2n) is 3.52. The maximum absolute atomic E-state index is 11.5. The quantitative estimate of drug-likeness (QED) is 0.627. The third-order valence-electron chi connectivity index (χ3n) is 2.00. The predicted molar refractivity (Wildman–Crippen MR) is 80.9 cm³/mol. The Hall–Kier alpha value is -1.16. The molecule has 0 aliphatic rings. The average molecular weight is 441 g/mol. The van der Waals surface area contributed by atoms with E-state index in [0.29, 0.717) is 5.69 Å². The maximum atomic E-state index is 11.5. The van der Waals surface area contributed by atoms with Crippen molar-refractivity contribution in [2.24, 2.45) is 0 Å². The summed E-state index contributed by atoms with van der Waals surface area (Å²) in [5.41, 5.74) is 0.524. The number of halogens is 2. The molecule has 0 aromatic heterocycles. The number of nitrogens with one attached hydrogen (secondary N) is 2. The van der Waals surface area contributed by atoms with Crippen LogP contribution in [0.4, 0.5) is 10.5 Å². The van der Waals surface area contributed by atoms with Gasteiger partial charge in [-0.3, -0.25) is 14.9 Å². The van der Waals surface area contributed by atoms with Gasteiger partial charge in [-0.1, -0.05) is 0 Å². The predicted octanol–water partition coefficient (Wildman–Crippen LogP) is 2.57. The first-order chi connectivity index (χ1) is 8.88. The molecule has 1 rings (SSSR count). The van der Waals surface area contributed by atoms with Gasteiger partial charge in [0, 0.05) is 20.2 Å². The molecule has 0 radical (unpaired) electrons. The molecular weight excluding hydrogens is 431 g/mol. The van der Waals surface area contributed by atoms with E-state index in [1.807, 2.05) is 5.32 Å². The lowest BCUT2D eigenvalue weighted by Crippen LogP contribution is -2.34. The molecule has 8 heteroatoms. The maximum Gasteiger partial charge on any atom is 0.325 e. The second-order valence-corrected chi connectivity index (χ2v) is 5.54. The summed E-state index contributed by atoms with van der Waals surface area (Å²) in [6, 6.07) is 4.49. The number of hydrogen-bond donors (Lipinski definition) is 3. The van der Waals surface area contributed by atoms with Crippen molar-refractivity contribution in [1.29, 1.82) is 0 Å². The van der Waals surface area contributed by atoms with E-state index in [1.54, 1.807) is 18.2 Å². The third kappa shape index (κ3) is 6.01. The fourth-order valence-corrected chi connectivity index (χ4v) is 1.86. The highest BCUT2D eigenvalue weighted by Crippen LogP contribution is 2.22. The first-order valence-corrected chi connectivity index (χ1v) is 7.03. The average Bonchev–Trinajstić information content (AvgIpc) is 2.31. The molecule has 102 valence electrons. The first kappa shape index (κ1) is 15.9. The van der Waals surface area contributed by atoms with Crippen LogP contribution in [-0.4, -0.2) is 23.0 Å². The lowest BCUT2D eigenvalue weighted by Gasteiger charge is -2.07. The SMILES string of the molecule is O=C(O)CCC(=O)NC(=O)Nc1ccc(I)c(Br)c1. The van der Waals surface area contributed by atoms with Gasteiger partial charge in [0.25, 0.3) is 0 Å². The molecular formula is C11H10BrIN2O4. The van der Waals surface area contributed by atoms with Gasteiger partial charge in [-0.25, -0.2) is 4.79 Å². The Balaban J connectivity index is 2.48. The number of amides is 3. The lowest BCUT2D eigenvalue weighted by molar-refractivity contribution is -0.138. The molecule has 3 amide bonds. The molecule has 0 spiro atoms. The molecule has 6 nitrogen and oxygen atoms in total. The molecule has 0 unspecified atom stereocenters. The van der Waals surface area contributed by atoms with Gasteiger partial charge in [0.05, 0.1) is 6.42 Å². The number of benzene rings is 1. The summed E-state index contributed by atoms with van der Waals surface area (Å²) in [5.74, 6) is -1.72. The Labute approximate surface area is 131 Å². The number of aliphatic carboxylic acids is 1. The van der Waals surface area contributed by atoms with Gasteiger partial charge < -0.3 is 10.4 Å². The summed E-state index contributed by atoms with van der Waals surface area (Å²) in [6.45, 7) is 0. The zero-order chi connectivity index (χ0) is 14.4. The normalized spacial score (nSPS) is 9.79. The molecule has 0 bridgehead atoms. The van der Waals surface area contributed by atoms with Gasteiger partial charge in [-0.05, 0) is 56.7 Å². The molecule has 0 aliphatic carbocycles. The summed E-state index contributed by atoms with van der Waals surface area (Å²) < 4.78 is 1.81. The third-order valence-corrected chi connectivity index (χ3v) is 4.33. The number of carboxylic acid groups (broad SMARTS) is 1. The van der Waals surface area contributed by atoms with Crippen LogP contribution in [0.1, 0.15) is 12.8 Å². The number of imide groups is 1. The van der Waals surface area contributed by atoms with Crippen molar-refractivity contribution >= 4 is 62.1 Å². The highest BCUT2D eigenvalue weighted by atomic mass is 127. The van der Waals surface area contributed by atoms with E-state index >= 15 is 0 Å². The van der Waals surface area contributed by atoms with Crippen LogP contribution in [0.5, 0.6) is 0 Å². The van der Waals surface area contributed by atoms with Crippen LogP contribution < -0.4 is 10.6 Å². The molecule has 1 aromatic rings. The number of urea groups is 1. The van der Waals surface area contributed by atoms with Crippen LogP contribution in [0.15, 0.2) is 22.7 Å². The highest BCUT2D eigenvalue weighted by Gasteiger charge is 2.10. The molecule has 0 fully saturated rings. The van der Waals surface area contributed by atoms with Gasteiger partial charge in [-0.15, -0.1) is 0 Å². The Morgan fingerprint density at radius 3 is 2.53 bits per heavy atom. The van der Waals surface area contributed by atoms with E-state index in [4.69, 9.17) is 5.11 Å². The van der Waals surface area contributed by atoms with Crippen LogP contribution in [-0.2, 0) is 9.59 Å². The zero-order valence-corrected chi connectivity index (χ0v) is 13.3. The number of rotatable bonds is 4. The topological polar surface area (TPSA) is 95.5 Å². The minimum Gasteiger partial charge on any atom is -0.481 e. The van der Waals surface area contributed by atoms with Gasteiger partial charge >= 0.3 is 12.0 Å². The fourth-order valence-electron chi connectivity index (χ4n) is 1.15. The molecule has 1 aromatic carbocycles. The van der Waals surface area contributed by atoms with Gasteiger partial charge in [-0.2, -0.15) is 0 Å². The van der Waals surface area contributed by atoms with Crippen molar-refractivity contribution in [2.45, 2.75) is 12.8 Å². The van der Waals surface area contributed by atoms with E-state index in [0.717, 1.165) is 8.04 Å². The van der Waals surface area contributed by atoms with Crippen LogP contribution in [0.25, 0.3) is 0 Å². The van der Waals surface area contributed by atoms with E-state index in [-0.39, 0.29) is 12.8 Å². The number of carbonyl (C=O) groups is 3. The highest BCUT2D eigenvalue weighted by molar-refractivity contribution is 14.1. The minimum absolute atomic E-state index is 0.237. The smallest absolute Gasteiger partial charge is 0.325 e. The second kappa shape index (κ2) is 7.43. The number of anilines is 1.